The Morgan fingerprint density at radius 3 is 2.41 bits per heavy atom. The van der Waals surface area contributed by atoms with Crippen molar-refractivity contribution in [3.8, 4) is 0 Å². The Morgan fingerprint density at radius 1 is 1.41 bits per heavy atom. The minimum Gasteiger partial charge on any atom is -0.478 e. The molecule has 0 saturated carbocycles. The van der Waals surface area contributed by atoms with E-state index in [2.05, 4.69) is 17.5 Å². The van der Waals surface area contributed by atoms with Gasteiger partial charge in [0, 0.05) is 0 Å². The summed E-state index contributed by atoms with van der Waals surface area (Å²) in [6, 6.07) is 2.98. The number of nitrogens with one attached hydrogen (secondary N) is 1. The molecular formula is C8H8N2O5S2. The molecule has 1 rings (SSSR count). The Labute approximate surface area is 102 Å². The maximum Gasteiger partial charge on any atom is 0.337 e. The summed E-state index contributed by atoms with van der Waals surface area (Å²) in [6.45, 7) is 0. The van der Waals surface area contributed by atoms with Crippen LogP contribution in [0.5, 0.6) is 0 Å². The second-order valence-corrected chi connectivity index (χ2v) is 4.84. The minimum absolute atomic E-state index is 0.0393. The molecule has 0 fully saturated rings. The topological polar surface area (TPSA) is 130 Å². The van der Waals surface area contributed by atoms with Crippen LogP contribution >= 0.6 is 12.2 Å². The smallest absolute Gasteiger partial charge is 0.337 e. The van der Waals surface area contributed by atoms with Crippen molar-refractivity contribution in [3.05, 3.63) is 23.8 Å². The van der Waals surface area contributed by atoms with Gasteiger partial charge >= 0.3 is 5.97 Å². The van der Waals surface area contributed by atoms with E-state index in [-0.39, 0.29) is 16.4 Å². The van der Waals surface area contributed by atoms with Crippen molar-refractivity contribution in [2.75, 3.05) is 5.32 Å². The van der Waals surface area contributed by atoms with Gasteiger partial charge in [-0.2, -0.15) is 8.42 Å². The van der Waals surface area contributed by atoms with Gasteiger partial charge in [-0.1, -0.05) is 0 Å². The predicted molar refractivity (Wildman–Crippen MR) is 63.6 cm³/mol. The number of carboxylic acid groups (broad SMARTS) is 1. The molecule has 1 aromatic carbocycles. The van der Waals surface area contributed by atoms with E-state index in [0.29, 0.717) is 0 Å². The number of anilines is 1. The lowest BCUT2D eigenvalue weighted by molar-refractivity contribution is 0.0698. The lowest BCUT2D eigenvalue weighted by atomic mass is 10.2. The van der Waals surface area contributed by atoms with Crippen LogP contribution in [-0.2, 0) is 10.1 Å². The number of nitrogens with two attached hydrogens (primary N) is 1. The average Bonchev–Trinajstić information content (AvgIpc) is 2.15. The largest absolute Gasteiger partial charge is 0.478 e. The number of carboxylic acids is 1. The number of hydrogen-bond donors (Lipinski definition) is 4. The van der Waals surface area contributed by atoms with Crippen molar-refractivity contribution in [2.45, 2.75) is 4.90 Å². The molecule has 0 aliphatic carbocycles. The monoisotopic (exact) mass is 276 g/mol. The molecular weight excluding hydrogens is 268 g/mol. The fourth-order valence-corrected chi connectivity index (χ4v) is 1.72. The van der Waals surface area contributed by atoms with Crippen molar-refractivity contribution in [1.82, 2.24) is 0 Å². The van der Waals surface area contributed by atoms with Crippen LogP contribution in [0.3, 0.4) is 0 Å². The second-order valence-electron chi connectivity index (χ2n) is 2.98. The molecule has 0 saturated heterocycles. The van der Waals surface area contributed by atoms with Crippen molar-refractivity contribution < 1.29 is 22.9 Å². The van der Waals surface area contributed by atoms with Crippen molar-refractivity contribution in [1.29, 1.82) is 0 Å². The van der Waals surface area contributed by atoms with Gasteiger partial charge in [0.25, 0.3) is 10.1 Å². The Kier molecular flexibility index (Phi) is 3.66. The third kappa shape index (κ3) is 3.37. The summed E-state index contributed by atoms with van der Waals surface area (Å²) in [6.07, 6.45) is 0. The van der Waals surface area contributed by atoms with Crippen molar-refractivity contribution in [2.24, 2.45) is 5.73 Å². The zero-order valence-corrected chi connectivity index (χ0v) is 9.88. The fourth-order valence-electron chi connectivity index (χ4n) is 1.10. The second kappa shape index (κ2) is 4.65. The van der Waals surface area contributed by atoms with E-state index in [1.165, 1.54) is 0 Å². The van der Waals surface area contributed by atoms with Crippen LogP contribution in [0, 0.1) is 0 Å². The van der Waals surface area contributed by atoms with Crippen LogP contribution in [0.2, 0.25) is 0 Å². The molecule has 17 heavy (non-hydrogen) atoms. The van der Waals surface area contributed by atoms with E-state index >= 15 is 0 Å². The molecule has 0 unspecified atom stereocenters. The number of thiocarbonyl (C=S) groups is 1. The normalized spacial score (nSPS) is 10.9. The summed E-state index contributed by atoms with van der Waals surface area (Å²) in [5.74, 6) is -1.38. The van der Waals surface area contributed by atoms with Crippen molar-refractivity contribution in [3.63, 3.8) is 0 Å². The third-order valence-electron chi connectivity index (χ3n) is 1.78. The number of benzene rings is 1. The lowest BCUT2D eigenvalue weighted by Gasteiger charge is -2.08. The van der Waals surface area contributed by atoms with Crippen LogP contribution < -0.4 is 11.1 Å². The summed E-state index contributed by atoms with van der Waals surface area (Å²) < 4.78 is 30.4. The molecule has 92 valence electrons. The van der Waals surface area contributed by atoms with E-state index in [1.54, 1.807) is 0 Å². The number of aromatic carboxylic acids is 1. The zero-order valence-electron chi connectivity index (χ0n) is 8.25. The summed E-state index contributed by atoms with van der Waals surface area (Å²) in [4.78, 5) is 10.4. The van der Waals surface area contributed by atoms with Gasteiger partial charge in [-0.3, -0.25) is 4.55 Å². The maximum absolute atomic E-state index is 10.9. The molecule has 0 atom stereocenters. The van der Waals surface area contributed by atoms with Gasteiger partial charge in [-0.25, -0.2) is 4.79 Å². The SMILES string of the molecule is NC(=S)Nc1ccc(S(=O)(=O)O)cc1C(=O)O. The molecule has 0 amide bonds. The van der Waals surface area contributed by atoms with E-state index in [0.717, 1.165) is 18.2 Å². The van der Waals surface area contributed by atoms with E-state index in [9.17, 15) is 13.2 Å². The first-order valence-corrected chi connectivity index (χ1v) is 5.98. The molecule has 0 bridgehead atoms. The Hall–Kier alpha value is -1.71. The Morgan fingerprint density at radius 2 is 2.00 bits per heavy atom. The predicted octanol–water partition coefficient (Wildman–Crippen LogP) is 0.287. The zero-order chi connectivity index (χ0) is 13.2. The quantitative estimate of drug-likeness (QED) is 0.457. The number of hydrogen-bond acceptors (Lipinski definition) is 4. The standard InChI is InChI=1S/C8H8N2O5S2/c9-8(16)10-6-2-1-4(17(13,14)15)3-5(6)7(11)12/h1-3H,(H,11,12)(H3,9,10,16)(H,13,14,15). The number of rotatable bonds is 3. The Bertz CT molecular complexity index is 582. The highest BCUT2D eigenvalue weighted by molar-refractivity contribution is 7.85. The molecule has 1 aromatic rings. The first-order valence-electron chi connectivity index (χ1n) is 4.13. The first-order chi connectivity index (χ1) is 7.71. The molecule has 0 radical (unpaired) electrons. The highest BCUT2D eigenvalue weighted by Gasteiger charge is 2.16. The van der Waals surface area contributed by atoms with Gasteiger partial charge in [-0.05, 0) is 30.4 Å². The highest BCUT2D eigenvalue weighted by Crippen LogP contribution is 2.20. The molecule has 0 spiro atoms. The molecule has 0 aliphatic heterocycles. The van der Waals surface area contributed by atoms with E-state index < -0.39 is 21.0 Å². The van der Waals surface area contributed by atoms with E-state index in [1.807, 2.05) is 0 Å². The molecule has 0 aliphatic rings. The molecule has 9 heteroatoms. The van der Waals surface area contributed by atoms with Gasteiger partial charge < -0.3 is 16.2 Å². The van der Waals surface area contributed by atoms with Gasteiger partial charge in [0.1, 0.15) is 0 Å². The Balaban J connectivity index is 3.37. The van der Waals surface area contributed by atoms with Crippen molar-refractivity contribution >= 4 is 39.1 Å². The summed E-state index contributed by atoms with van der Waals surface area (Å²) in [7, 11) is -4.46. The van der Waals surface area contributed by atoms with Crippen LogP contribution in [0.25, 0.3) is 0 Å². The molecule has 0 heterocycles. The molecule has 0 aromatic heterocycles. The fraction of sp³-hybridized carbons (Fsp3) is 0. The maximum atomic E-state index is 10.9. The van der Waals surface area contributed by atoms with Gasteiger partial charge in [0.05, 0.1) is 16.1 Å². The summed E-state index contributed by atoms with van der Waals surface area (Å²) >= 11 is 4.54. The van der Waals surface area contributed by atoms with E-state index in [4.69, 9.17) is 15.4 Å². The summed E-state index contributed by atoms with van der Waals surface area (Å²) in [5.41, 5.74) is 4.85. The highest BCUT2D eigenvalue weighted by atomic mass is 32.2. The van der Waals surface area contributed by atoms with Crippen LogP contribution in [0.1, 0.15) is 10.4 Å². The van der Waals surface area contributed by atoms with Gasteiger partial charge in [0.2, 0.25) is 0 Å². The molecule has 5 N–H and O–H groups in total. The summed E-state index contributed by atoms with van der Waals surface area (Å²) in [5, 5.41) is 11.1. The van der Waals surface area contributed by atoms with Gasteiger partial charge in [-0.15, -0.1) is 0 Å². The average molecular weight is 276 g/mol. The van der Waals surface area contributed by atoms with Crippen LogP contribution in [0.15, 0.2) is 23.1 Å². The first kappa shape index (κ1) is 13.4. The van der Waals surface area contributed by atoms with Crippen LogP contribution in [0.4, 0.5) is 5.69 Å². The lowest BCUT2D eigenvalue weighted by Crippen LogP contribution is -2.21. The van der Waals surface area contributed by atoms with Gasteiger partial charge in [0.15, 0.2) is 5.11 Å². The van der Waals surface area contributed by atoms with Crippen LogP contribution in [-0.4, -0.2) is 29.2 Å². The number of carbonyl (C=O) groups is 1. The third-order valence-corrected chi connectivity index (χ3v) is 2.73. The molecule has 7 nitrogen and oxygen atoms in total. The minimum atomic E-state index is -4.46.